The summed E-state index contributed by atoms with van der Waals surface area (Å²) in [5, 5.41) is 0. The largest absolute Gasteiger partial charge is 0.428 e. The minimum atomic E-state index is -6.70. The predicted molar refractivity (Wildman–Crippen MR) is 83.1 cm³/mol. The highest BCUT2D eigenvalue weighted by molar-refractivity contribution is 5.40. The minimum Gasteiger partial charge on any atom is -0.243 e. The van der Waals surface area contributed by atoms with Gasteiger partial charge in [-0.1, -0.05) is 34.6 Å². The van der Waals surface area contributed by atoms with Crippen molar-refractivity contribution in [2.24, 2.45) is 23.2 Å². The fourth-order valence-corrected chi connectivity index (χ4v) is 5.77. The summed E-state index contributed by atoms with van der Waals surface area (Å²) in [6, 6.07) is 0. The molecule has 0 heterocycles. The average Bonchev–Trinajstić information content (AvgIpc) is 2.58. The maximum absolute atomic E-state index is 16.4. The van der Waals surface area contributed by atoms with Crippen LogP contribution < -0.4 is 0 Å². The topological polar surface area (TPSA) is 0 Å². The van der Waals surface area contributed by atoms with Gasteiger partial charge in [0.15, 0.2) is 11.3 Å². The van der Waals surface area contributed by atoms with Crippen LogP contribution in [0.15, 0.2) is 0 Å². The van der Waals surface area contributed by atoms with Crippen molar-refractivity contribution in [2.75, 3.05) is 0 Å². The number of hydrogen-bond donors (Lipinski definition) is 0. The number of fused-ring (bicyclic) bond motifs is 1. The smallest absolute Gasteiger partial charge is 0.243 e. The lowest BCUT2D eigenvalue weighted by Crippen LogP contribution is -2.93. The molecule has 2 aliphatic carbocycles. The predicted octanol–water partition coefficient (Wildman–Crippen LogP) is 6.97. The van der Waals surface area contributed by atoms with Gasteiger partial charge in [0, 0.05) is 17.3 Å². The van der Waals surface area contributed by atoms with Crippen LogP contribution in [0, 0.1) is 23.2 Å². The van der Waals surface area contributed by atoms with Gasteiger partial charge in [0.05, 0.1) is 0 Å². The summed E-state index contributed by atoms with van der Waals surface area (Å²) >= 11 is 0. The van der Waals surface area contributed by atoms with Gasteiger partial charge < -0.3 is 0 Å². The zero-order chi connectivity index (χ0) is 24.3. The maximum atomic E-state index is 16.4. The molecule has 0 aliphatic heterocycles. The Kier molecular flexibility index (Phi) is 5.03. The van der Waals surface area contributed by atoms with Crippen LogP contribution in [0.1, 0.15) is 41.5 Å². The highest BCUT2D eigenvalue weighted by Gasteiger charge is 2.99. The van der Waals surface area contributed by atoms with Crippen LogP contribution in [-0.4, -0.2) is 46.9 Å². The van der Waals surface area contributed by atoms with Gasteiger partial charge in [-0.3, -0.25) is 0 Å². The first kappa shape index (κ1) is 25.4. The lowest BCUT2D eigenvalue weighted by molar-refractivity contribution is -0.440. The fraction of sp³-hybridized carbons (Fsp3) is 1.00. The van der Waals surface area contributed by atoms with Gasteiger partial charge in [0.2, 0.25) is 11.3 Å². The molecule has 0 aromatic heterocycles. The summed E-state index contributed by atoms with van der Waals surface area (Å²) in [6.45, 7) is 2.11. The van der Waals surface area contributed by atoms with Gasteiger partial charge in [0.25, 0.3) is 5.67 Å². The molecule has 9 unspecified atom stereocenters. The molecule has 2 fully saturated rings. The zero-order valence-electron chi connectivity index (χ0n) is 16.8. The van der Waals surface area contributed by atoms with Crippen molar-refractivity contribution in [3.8, 4) is 0 Å². The second-order valence-corrected chi connectivity index (χ2v) is 9.28. The van der Waals surface area contributed by atoms with E-state index in [1.165, 1.54) is 0 Å². The van der Waals surface area contributed by atoms with E-state index in [1.807, 2.05) is 0 Å². The Hall–Kier alpha value is -0.840. The summed E-state index contributed by atoms with van der Waals surface area (Å²) in [7, 11) is 0. The van der Waals surface area contributed by atoms with Crippen molar-refractivity contribution in [1.29, 1.82) is 0 Å². The first-order chi connectivity index (χ1) is 12.9. The van der Waals surface area contributed by atoms with Crippen molar-refractivity contribution in [3.63, 3.8) is 0 Å². The SMILES string of the molecule is CC1C(F)C(F)(C(F)(F)F)C2(F)C(C)(F)C(F)(C(F)(F)F)C(C)C(C)C2(F)C1(C)C. The Morgan fingerprint density at radius 3 is 1.30 bits per heavy atom. The molecule has 30 heavy (non-hydrogen) atoms. The number of alkyl halides is 12. The van der Waals surface area contributed by atoms with Gasteiger partial charge in [-0.05, 0) is 12.8 Å². The molecule has 2 aliphatic rings. The van der Waals surface area contributed by atoms with Crippen molar-refractivity contribution < 1.29 is 52.7 Å². The van der Waals surface area contributed by atoms with Crippen LogP contribution in [0.25, 0.3) is 0 Å². The molecule has 2 rings (SSSR count). The molecule has 178 valence electrons. The van der Waals surface area contributed by atoms with E-state index in [0.29, 0.717) is 34.6 Å². The van der Waals surface area contributed by atoms with Gasteiger partial charge in [-0.2, -0.15) is 26.3 Å². The number of rotatable bonds is 0. The molecule has 0 saturated heterocycles. The van der Waals surface area contributed by atoms with E-state index in [1.54, 1.807) is 0 Å². The molecule has 0 bridgehead atoms. The normalized spacial score (nSPS) is 54.6. The molecule has 9 atom stereocenters. The van der Waals surface area contributed by atoms with Crippen molar-refractivity contribution in [3.05, 3.63) is 0 Å². The van der Waals surface area contributed by atoms with E-state index >= 15 is 22.0 Å². The molecule has 0 nitrogen and oxygen atoms in total. The van der Waals surface area contributed by atoms with E-state index in [-0.39, 0.29) is 0 Å². The third-order valence-electron chi connectivity index (χ3n) is 8.06. The fourth-order valence-electron chi connectivity index (χ4n) is 5.77. The third kappa shape index (κ3) is 2.10. The highest BCUT2D eigenvalue weighted by atomic mass is 19.4. The Labute approximate surface area is 165 Å². The summed E-state index contributed by atoms with van der Waals surface area (Å²) in [5.74, 6) is -7.66. The summed E-state index contributed by atoms with van der Waals surface area (Å²) in [5.41, 5.74) is -30.0. The quantitative estimate of drug-likeness (QED) is 0.338. The zero-order valence-corrected chi connectivity index (χ0v) is 16.8. The lowest BCUT2D eigenvalue weighted by Gasteiger charge is -2.71. The van der Waals surface area contributed by atoms with Gasteiger partial charge in [-0.15, -0.1) is 0 Å². The Morgan fingerprint density at radius 2 is 0.967 bits per heavy atom. The average molecular weight is 466 g/mol. The standard InChI is InChI=1S/C18H22F12/c1-7-8(2)14(22,17(25,26)27)12(6,20)16(24)13(7,21)11(4,5)9(3)10(19)15(16,23)18(28,29)30/h7-10H,1-6H3. The Bertz CT molecular complexity index is 711. The van der Waals surface area contributed by atoms with E-state index < -0.39 is 77.0 Å². The van der Waals surface area contributed by atoms with Gasteiger partial charge in [0.1, 0.15) is 6.17 Å². The van der Waals surface area contributed by atoms with Crippen molar-refractivity contribution in [2.45, 2.75) is 88.4 Å². The van der Waals surface area contributed by atoms with Crippen LogP contribution in [0.3, 0.4) is 0 Å². The number of halogens is 12. The van der Waals surface area contributed by atoms with Crippen LogP contribution in [0.2, 0.25) is 0 Å². The third-order valence-corrected chi connectivity index (χ3v) is 8.06. The summed E-state index contributed by atoms with van der Waals surface area (Å²) in [6.07, 6.45) is -17.1. The Morgan fingerprint density at radius 1 is 0.600 bits per heavy atom. The maximum Gasteiger partial charge on any atom is 0.428 e. The van der Waals surface area contributed by atoms with Gasteiger partial charge in [-0.25, -0.2) is 26.3 Å². The van der Waals surface area contributed by atoms with Crippen LogP contribution >= 0.6 is 0 Å². The van der Waals surface area contributed by atoms with E-state index in [0.717, 1.165) is 0 Å². The van der Waals surface area contributed by atoms with Crippen molar-refractivity contribution >= 4 is 0 Å². The van der Waals surface area contributed by atoms with E-state index in [2.05, 4.69) is 0 Å². The van der Waals surface area contributed by atoms with Gasteiger partial charge >= 0.3 is 12.4 Å². The lowest BCUT2D eigenvalue weighted by atomic mass is 9.38. The molecule has 0 N–H and O–H groups in total. The second-order valence-electron chi connectivity index (χ2n) is 9.28. The molecule has 0 aromatic rings. The molecule has 0 radical (unpaired) electrons. The monoisotopic (exact) mass is 466 g/mol. The molecule has 0 amide bonds. The van der Waals surface area contributed by atoms with Crippen molar-refractivity contribution in [1.82, 2.24) is 0 Å². The van der Waals surface area contributed by atoms with Crippen LogP contribution in [-0.2, 0) is 0 Å². The van der Waals surface area contributed by atoms with Crippen LogP contribution in [0.4, 0.5) is 52.7 Å². The molecule has 12 heteroatoms. The minimum absolute atomic E-state index is 0.354. The molecule has 2 saturated carbocycles. The second kappa shape index (κ2) is 5.94. The van der Waals surface area contributed by atoms with Crippen LogP contribution in [0.5, 0.6) is 0 Å². The first-order valence-electron chi connectivity index (χ1n) is 9.10. The summed E-state index contributed by atoms with van der Waals surface area (Å²) in [4.78, 5) is 0. The highest BCUT2D eigenvalue weighted by Crippen LogP contribution is 2.77. The summed E-state index contributed by atoms with van der Waals surface area (Å²) < 4.78 is 176. The van der Waals surface area contributed by atoms with E-state index in [9.17, 15) is 30.7 Å². The molecular weight excluding hydrogens is 444 g/mol. The molecular formula is C18H22F12. The van der Waals surface area contributed by atoms with E-state index in [4.69, 9.17) is 0 Å². The Balaban J connectivity index is 3.16. The first-order valence-corrected chi connectivity index (χ1v) is 9.10. The molecule has 0 aromatic carbocycles. The number of hydrogen-bond acceptors (Lipinski definition) is 0. The molecule has 0 spiro atoms.